The molecule has 0 unspecified atom stereocenters. The summed E-state index contributed by atoms with van der Waals surface area (Å²) in [4.78, 5) is 2.06. The van der Waals surface area contributed by atoms with Gasteiger partial charge in [-0.05, 0) is 23.8 Å². The molecule has 2 aromatic carbocycles. The number of para-hydroxylation sites is 1. The maximum Gasteiger partial charge on any atom is 0.123 e. The molecule has 2 aromatic rings. The number of methoxy groups -OCH3 is 1. The molecule has 1 N–H and O–H groups in total. The van der Waals surface area contributed by atoms with E-state index in [1.54, 1.807) is 13.2 Å². The molecule has 0 saturated heterocycles. The lowest BCUT2D eigenvalue weighted by molar-refractivity contribution is 0.183. The van der Waals surface area contributed by atoms with Crippen LogP contribution in [0.25, 0.3) is 0 Å². The van der Waals surface area contributed by atoms with E-state index in [1.807, 2.05) is 30.3 Å². The number of rotatable bonds is 7. The van der Waals surface area contributed by atoms with E-state index in [1.165, 1.54) is 12.1 Å². The van der Waals surface area contributed by atoms with E-state index in [0.717, 1.165) is 16.9 Å². The van der Waals surface area contributed by atoms with E-state index < -0.39 is 0 Å². The van der Waals surface area contributed by atoms with Crippen LogP contribution in [0.4, 0.5) is 4.39 Å². The van der Waals surface area contributed by atoms with Crippen molar-refractivity contribution in [2.75, 3.05) is 20.3 Å². The normalized spacial score (nSPS) is 10.9. The van der Waals surface area contributed by atoms with Crippen LogP contribution in [0.3, 0.4) is 0 Å². The van der Waals surface area contributed by atoms with Gasteiger partial charge in [0.2, 0.25) is 0 Å². The van der Waals surface area contributed by atoms with E-state index in [0.29, 0.717) is 19.6 Å². The number of ether oxygens (including phenoxy) is 1. The molecule has 0 atom stereocenters. The third-order valence-corrected chi connectivity index (χ3v) is 3.30. The van der Waals surface area contributed by atoms with Gasteiger partial charge in [-0.3, -0.25) is 4.90 Å². The monoisotopic (exact) mass is 289 g/mol. The number of benzene rings is 2. The highest BCUT2D eigenvalue weighted by Crippen LogP contribution is 2.20. The second kappa shape index (κ2) is 7.76. The number of hydrogen-bond acceptors (Lipinski definition) is 3. The van der Waals surface area contributed by atoms with Crippen LogP contribution < -0.4 is 4.74 Å². The summed E-state index contributed by atoms with van der Waals surface area (Å²) in [5.41, 5.74) is 1.93. The van der Waals surface area contributed by atoms with Crippen molar-refractivity contribution in [3.63, 3.8) is 0 Å². The van der Waals surface area contributed by atoms with Crippen LogP contribution in [0.1, 0.15) is 11.1 Å². The molecule has 0 spiro atoms. The highest BCUT2D eigenvalue weighted by molar-refractivity contribution is 5.33. The lowest BCUT2D eigenvalue weighted by atomic mass is 10.1. The Labute approximate surface area is 124 Å². The Bertz CT molecular complexity index is 574. The van der Waals surface area contributed by atoms with Crippen molar-refractivity contribution < 1.29 is 14.2 Å². The first-order valence-corrected chi connectivity index (χ1v) is 6.92. The molecule has 0 aliphatic rings. The molecule has 0 amide bonds. The van der Waals surface area contributed by atoms with Crippen molar-refractivity contribution in [2.45, 2.75) is 13.1 Å². The zero-order chi connectivity index (χ0) is 15.1. The van der Waals surface area contributed by atoms with Gasteiger partial charge >= 0.3 is 0 Å². The Morgan fingerprint density at radius 2 is 1.90 bits per heavy atom. The van der Waals surface area contributed by atoms with E-state index in [4.69, 9.17) is 4.74 Å². The first kappa shape index (κ1) is 15.5. The van der Waals surface area contributed by atoms with Crippen molar-refractivity contribution in [1.82, 2.24) is 4.90 Å². The fraction of sp³-hybridized carbons (Fsp3) is 0.294. The van der Waals surface area contributed by atoms with E-state index in [2.05, 4.69) is 4.90 Å². The molecule has 0 fully saturated rings. The summed E-state index contributed by atoms with van der Waals surface area (Å²) < 4.78 is 18.6. The Morgan fingerprint density at radius 1 is 1.10 bits per heavy atom. The quantitative estimate of drug-likeness (QED) is 0.851. The molecule has 3 nitrogen and oxygen atoms in total. The van der Waals surface area contributed by atoms with Gasteiger partial charge in [0, 0.05) is 25.2 Å². The van der Waals surface area contributed by atoms with Crippen LogP contribution in [0, 0.1) is 5.82 Å². The lowest BCUT2D eigenvalue weighted by Crippen LogP contribution is -2.26. The van der Waals surface area contributed by atoms with Crippen molar-refractivity contribution in [1.29, 1.82) is 0 Å². The highest BCUT2D eigenvalue weighted by Gasteiger charge is 2.10. The van der Waals surface area contributed by atoms with Crippen LogP contribution in [-0.2, 0) is 13.1 Å². The van der Waals surface area contributed by atoms with Gasteiger partial charge in [-0.15, -0.1) is 0 Å². The topological polar surface area (TPSA) is 32.7 Å². The van der Waals surface area contributed by atoms with E-state index in [-0.39, 0.29) is 12.4 Å². The van der Waals surface area contributed by atoms with Gasteiger partial charge in [-0.25, -0.2) is 4.39 Å². The predicted octanol–water partition coefficient (Wildman–Crippen LogP) is 2.83. The highest BCUT2D eigenvalue weighted by atomic mass is 19.1. The van der Waals surface area contributed by atoms with Crippen molar-refractivity contribution in [3.05, 3.63) is 65.5 Å². The Balaban J connectivity index is 2.11. The minimum absolute atomic E-state index is 0.0600. The maximum atomic E-state index is 13.3. The fourth-order valence-corrected chi connectivity index (χ4v) is 2.32. The summed E-state index contributed by atoms with van der Waals surface area (Å²) in [6, 6.07) is 14.3. The van der Waals surface area contributed by atoms with Crippen LogP contribution in [-0.4, -0.2) is 30.3 Å². The third-order valence-electron chi connectivity index (χ3n) is 3.30. The summed E-state index contributed by atoms with van der Waals surface area (Å²) >= 11 is 0. The van der Waals surface area contributed by atoms with Gasteiger partial charge in [-0.1, -0.05) is 30.3 Å². The maximum absolute atomic E-state index is 13.3. The van der Waals surface area contributed by atoms with Crippen LogP contribution in [0.2, 0.25) is 0 Å². The Kier molecular flexibility index (Phi) is 5.72. The first-order valence-electron chi connectivity index (χ1n) is 6.92. The summed E-state index contributed by atoms with van der Waals surface area (Å²) in [7, 11) is 1.64. The molecule has 112 valence electrons. The summed E-state index contributed by atoms with van der Waals surface area (Å²) in [5.74, 6) is 0.577. The minimum atomic E-state index is -0.242. The van der Waals surface area contributed by atoms with Crippen molar-refractivity contribution >= 4 is 0 Å². The van der Waals surface area contributed by atoms with Crippen LogP contribution in [0.5, 0.6) is 5.75 Å². The zero-order valence-electron chi connectivity index (χ0n) is 12.1. The predicted molar refractivity (Wildman–Crippen MR) is 80.6 cm³/mol. The summed E-state index contributed by atoms with van der Waals surface area (Å²) in [6.07, 6.45) is 0. The molecular weight excluding hydrogens is 269 g/mol. The molecular formula is C17H20FNO2. The molecule has 21 heavy (non-hydrogen) atoms. The lowest BCUT2D eigenvalue weighted by Gasteiger charge is -2.22. The third kappa shape index (κ3) is 4.55. The van der Waals surface area contributed by atoms with Crippen molar-refractivity contribution in [3.8, 4) is 5.75 Å². The number of nitrogens with zero attached hydrogens (tertiary/aromatic N) is 1. The first-order chi connectivity index (χ1) is 10.2. The molecule has 0 aromatic heterocycles. The molecule has 0 aliphatic heterocycles. The number of halogens is 1. The average molecular weight is 289 g/mol. The number of hydrogen-bond donors (Lipinski definition) is 1. The van der Waals surface area contributed by atoms with Gasteiger partial charge in [0.1, 0.15) is 11.6 Å². The fourth-order valence-electron chi connectivity index (χ4n) is 2.32. The standard InChI is InChI=1S/C17H20FNO2/c1-21-17-8-3-2-6-15(17)13-19(9-10-20)12-14-5-4-7-16(18)11-14/h2-8,11,20H,9-10,12-13H2,1H3. The van der Waals surface area contributed by atoms with E-state index >= 15 is 0 Å². The molecule has 0 heterocycles. The molecule has 2 rings (SSSR count). The van der Waals surface area contributed by atoms with Gasteiger partial charge in [0.05, 0.1) is 13.7 Å². The summed E-state index contributed by atoms with van der Waals surface area (Å²) in [5, 5.41) is 9.23. The minimum Gasteiger partial charge on any atom is -0.496 e. The average Bonchev–Trinajstić information content (AvgIpc) is 2.48. The second-order valence-electron chi connectivity index (χ2n) is 4.88. The van der Waals surface area contributed by atoms with Gasteiger partial charge < -0.3 is 9.84 Å². The smallest absolute Gasteiger partial charge is 0.123 e. The van der Waals surface area contributed by atoms with Crippen LogP contribution in [0.15, 0.2) is 48.5 Å². The van der Waals surface area contributed by atoms with Gasteiger partial charge in [0.15, 0.2) is 0 Å². The number of aliphatic hydroxyl groups is 1. The Morgan fingerprint density at radius 3 is 2.62 bits per heavy atom. The van der Waals surface area contributed by atoms with Gasteiger partial charge in [0.25, 0.3) is 0 Å². The zero-order valence-corrected chi connectivity index (χ0v) is 12.1. The summed E-state index contributed by atoms with van der Waals surface area (Å²) in [6.45, 7) is 1.80. The van der Waals surface area contributed by atoms with Crippen molar-refractivity contribution in [2.24, 2.45) is 0 Å². The molecule has 4 heteroatoms. The van der Waals surface area contributed by atoms with E-state index in [9.17, 15) is 9.50 Å². The molecule has 0 saturated carbocycles. The number of aliphatic hydroxyl groups excluding tert-OH is 1. The molecule has 0 radical (unpaired) electrons. The largest absolute Gasteiger partial charge is 0.496 e. The Hall–Kier alpha value is -1.91. The van der Waals surface area contributed by atoms with Crippen LogP contribution >= 0.6 is 0 Å². The van der Waals surface area contributed by atoms with Gasteiger partial charge in [-0.2, -0.15) is 0 Å². The second-order valence-corrected chi connectivity index (χ2v) is 4.88. The SMILES string of the molecule is COc1ccccc1CN(CCO)Cc1cccc(F)c1. The molecule has 0 bridgehead atoms. The molecule has 0 aliphatic carbocycles.